The quantitative estimate of drug-likeness (QED) is 0.249. The van der Waals surface area contributed by atoms with Gasteiger partial charge in [-0.05, 0) is 41.4 Å². The molecule has 0 aliphatic rings. The third-order valence-corrected chi connectivity index (χ3v) is 4.24. The standard InChI is InChI=1S/C18H29BrO2/c1-3-5-6-7-8-9-13-16-18(19,20-4-2)21-17-14-11-10-12-15-17/h10-12,14-15H,3-9,13,16H2,1-2H3. The van der Waals surface area contributed by atoms with E-state index in [1.807, 2.05) is 37.3 Å². The van der Waals surface area contributed by atoms with E-state index >= 15 is 0 Å². The van der Waals surface area contributed by atoms with Crippen molar-refractivity contribution in [1.29, 1.82) is 0 Å². The smallest absolute Gasteiger partial charge is 0.267 e. The second kappa shape index (κ2) is 11.1. The summed E-state index contributed by atoms with van der Waals surface area (Å²) in [6.07, 6.45) is 9.90. The molecule has 3 heteroatoms. The first-order chi connectivity index (χ1) is 10.2. The third kappa shape index (κ3) is 8.47. The Hall–Kier alpha value is -0.540. The predicted octanol–water partition coefficient (Wildman–Crippen LogP) is 6.29. The summed E-state index contributed by atoms with van der Waals surface area (Å²) in [6, 6.07) is 9.85. The van der Waals surface area contributed by atoms with Gasteiger partial charge in [0.2, 0.25) is 0 Å². The Labute approximate surface area is 138 Å². The molecule has 0 bridgehead atoms. The highest BCUT2D eigenvalue weighted by molar-refractivity contribution is 9.10. The van der Waals surface area contributed by atoms with Gasteiger partial charge in [0.15, 0.2) is 0 Å². The molecular formula is C18H29BrO2. The van der Waals surface area contributed by atoms with E-state index in [0.717, 1.165) is 18.6 Å². The number of rotatable bonds is 12. The highest BCUT2D eigenvalue weighted by atomic mass is 79.9. The Morgan fingerprint density at radius 1 is 0.905 bits per heavy atom. The normalized spacial score (nSPS) is 13.9. The van der Waals surface area contributed by atoms with Crippen LogP contribution in [0.4, 0.5) is 0 Å². The van der Waals surface area contributed by atoms with Crippen molar-refractivity contribution >= 4 is 15.9 Å². The molecule has 0 saturated carbocycles. The molecule has 0 N–H and O–H groups in total. The summed E-state index contributed by atoms with van der Waals surface area (Å²) in [4.78, 5) is 0. The van der Waals surface area contributed by atoms with Gasteiger partial charge < -0.3 is 9.47 Å². The second-order valence-corrected chi connectivity index (χ2v) is 6.59. The van der Waals surface area contributed by atoms with Crippen LogP contribution in [-0.4, -0.2) is 11.3 Å². The van der Waals surface area contributed by atoms with Gasteiger partial charge >= 0.3 is 0 Å². The Morgan fingerprint density at radius 2 is 1.52 bits per heavy atom. The first kappa shape index (κ1) is 18.5. The average molecular weight is 357 g/mol. The monoisotopic (exact) mass is 356 g/mol. The van der Waals surface area contributed by atoms with Gasteiger partial charge in [0, 0.05) is 13.0 Å². The first-order valence-electron chi connectivity index (χ1n) is 8.27. The van der Waals surface area contributed by atoms with Crippen LogP contribution in [0.3, 0.4) is 0 Å². The number of ether oxygens (including phenoxy) is 2. The molecule has 0 aliphatic heterocycles. The number of unbranched alkanes of at least 4 members (excludes halogenated alkanes) is 6. The number of hydrogen-bond donors (Lipinski definition) is 0. The molecule has 21 heavy (non-hydrogen) atoms. The molecule has 0 aromatic heterocycles. The number of hydrogen-bond acceptors (Lipinski definition) is 2. The summed E-state index contributed by atoms with van der Waals surface area (Å²) >= 11 is 3.63. The first-order valence-corrected chi connectivity index (χ1v) is 9.06. The Kier molecular flexibility index (Phi) is 9.77. The molecule has 1 aromatic rings. The van der Waals surface area contributed by atoms with Crippen LogP contribution in [0, 0.1) is 0 Å². The summed E-state index contributed by atoms with van der Waals surface area (Å²) in [5.41, 5.74) is 0. The number of para-hydroxylation sites is 1. The molecule has 1 aromatic carbocycles. The van der Waals surface area contributed by atoms with Crippen LogP contribution in [-0.2, 0) is 4.74 Å². The van der Waals surface area contributed by atoms with Gasteiger partial charge in [-0.2, -0.15) is 0 Å². The summed E-state index contributed by atoms with van der Waals surface area (Å²) in [6.45, 7) is 4.88. The molecule has 1 unspecified atom stereocenters. The second-order valence-electron chi connectivity index (χ2n) is 5.38. The number of benzene rings is 1. The number of alkyl halides is 1. The molecule has 0 saturated heterocycles. The highest BCUT2D eigenvalue weighted by Gasteiger charge is 2.28. The summed E-state index contributed by atoms with van der Waals surface area (Å²) in [5, 5.41) is 0. The van der Waals surface area contributed by atoms with E-state index in [1.54, 1.807) is 0 Å². The van der Waals surface area contributed by atoms with Crippen LogP contribution in [0.2, 0.25) is 0 Å². The van der Waals surface area contributed by atoms with Gasteiger partial charge in [-0.15, -0.1) is 0 Å². The third-order valence-electron chi connectivity index (χ3n) is 3.45. The maximum Gasteiger partial charge on any atom is 0.267 e. The largest absolute Gasteiger partial charge is 0.452 e. The minimum absolute atomic E-state index is 0.634. The molecule has 0 amide bonds. The zero-order chi connectivity index (χ0) is 15.4. The van der Waals surface area contributed by atoms with Gasteiger partial charge in [-0.25, -0.2) is 0 Å². The van der Waals surface area contributed by atoms with Crippen molar-refractivity contribution in [1.82, 2.24) is 0 Å². The van der Waals surface area contributed by atoms with Crippen molar-refractivity contribution in [2.45, 2.75) is 69.9 Å². The molecular weight excluding hydrogens is 328 g/mol. The average Bonchev–Trinajstić information content (AvgIpc) is 2.47. The van der Waals surface area contributed by atoms with Crippen molar-refractivity contribution in [3.63, 3.8) is 0 Å². The molecule has 120 valence electrons. The van der Waals surface area contributed by atoms with Gasteiger partial charge in [-0.1, -0.05) is 63.6 Å². The fourth-order valence-corrected chi connectivity index (χ4v) is 3.02. The van der Waals surface area contributed by atoms with Crippen molar-refractivity contribution in [3.8, 4) is 5.75 Å². The maximum atomic E-state index is 5.98. The van der Waals surface area contributed by atoms with Gasteiger partial charge in [0.05, 0.1) is 0 Å². The predicted molar refractivity (Wildman–Crippen MR) is 93.0 cm³/mol. The van der Waals surface area contributed by atoms with Crippen LogP contribution in [0.1, 0.15) is 65.2 Å². The van der Waals surface area contributed by atoms with E-state index in [1.165, 1.54) is 38.5 Å². The van der Waals surface area contributed by atoms with Gasteiger partial charge in [0.25, 0.3) is 4.70 Å². The van der Waals surface area contributed by atoms with Crippen LogP contribution >= 0.6 is 15.9 Å². The van der Waals surface area contributed by atoms with E-state index in [2.05, 4.69) is 22.9 Å². The fraction of sp³-hybridized carbons (Fsp3) is 0.667. The summed E-state index contributed by atoms with van der Waals surface area (Å²) in [5.74, 6) is 0.839. The summed E-state index contributed by atoms with van der Waals surface area (Å²) < 4.78 is 11.1. The Morgan fingerprint density at radius 3 is 2.14 bits per heavy atom. The van der Waals surface area contributed by atoms with E-state index in [-0.39, 0.29) is 0 Å². The van der Waals surface area contributed by atoms with Crippen molar-refractivity contribution in [3.05, 3.63) is 30.3 Å². The van der Waals surface area contributed by atoms with Gasteiger partial charge in [0.1, 0.15) is 5.75 Å². The van der Waals surface area contributed by atoms with Crippen molar-refractivity contribution < 1.29 is 9.47 Å². The van der Waals surface area contributed by atoms with Crippen molar-refractivity contribution in [2.75, 3.05) is 6.61 Å². The Balaban J connectivity index is 2.31. The van der Waals surface area contributed by atoms with Crippen molar-refractivity contribution in [2.24, 2.45) is 0 Å². The zero-order valence-electron chi connectivity index (χ0n) is 13.4. The van der Waals surface area contributed by atoms with Crippen LogP contribution in [0.15, 0.2) is 30.3 Å². The van der Waals surface area contributed by atoms with Crippen LogP contribution < -0.4 is 4.74 Å². The van der Waals surface area contributed by atoms with E-state index < -0.39 is 4.70 Å². The highest BCUT2D eigenvalue weighted by Crippen LogP contribution is 2.30. The molecule has 0 fully saturated rings. The van der Waals surface area contributed by atoms with E-state index in [0.29, 0.717) is 6.61 Å². The molecule has 0 radical (unpaired) electrons. The molecule has 2 nitrogen and oxygen atoms in total. The lowest BCUT2D eigenvalue weighted by Crippen LogP contribution is -2.32. The maximum absolute atomic E-state index is 5.98. The van der Waals surface area contributed by atoms with Gasteiger partial charge in [-0.3, -0.25) is 0 Å². The summed E-state index contributed by atoms with van der Waals surface area (Å²) in [7, 11) is 0. The lowest BCUT2D eigenvalue weighted by molar-refractivity contribution is -0.106. The Bertz CT molecular complexity index is 355. The fourth-order valence-electron chi connectivity index (χ4n) is 2.33. The molecule has 0 spiro atoms. The lowest BCUT2D eigenvalue weighted by atomic mass is 10.1. The topological polar surface area (TPSA) is 18.5 Å². The molecule has 0 aliphatic carbocycles. The zero-order valence-corrected chi connectivity index (χ0v) is 15.0. The lowest BCUT2D eigenvalue weighted by Gasteiger charge is -2.28. The van der Waals surface area contributed by atoms with Crippen LogP contribution in [0.25, 0.3) is 0 Å². The molecule has 0 heterocycles. The van der Waals surface area contributed by atoms with E-state index in [4.69, 9.17) is 9.47 Å². The van der Waals surface area contributed by atoms with Crippen LogP contribution in [0.5, 0.6) is 5.75 Å². The number of halogens is 1. The minimum Gasteiger partial charge on any atom is -0.452 e. The molecule has 1 rings (SSSR count). The SMILES string of the molecule is CCCCCCCCCC(Br)(OCC)Oc1ccccc1. The molecule has 1 atom stereocenters. The van der Waals surface area contributed by atoms with E-state index in [9.17, 15) is 0 Å². The minimum atomic E-state index is -0.688.